The van der Waals surface area contributed by atoms with Gasteiger partial charge in [-0.15, -0.1) is 0 Å². The van der Waals surface area contributed by atoms with Crippen LogP contribution in [0.1, 0.15) is 47.9 Å². The minimum Gasteiger partial charge on any atom is -0.489 e. The lowest BCUT2D eigenvalue weighted by Crippen LogP contribution is -2.19. The van der Waals surface area contributed by atoms with E-state index >= 15 is 0 Å². The molecule has 0 saturated heterocycles. The number of Topliss-reactive ketones (excluding diaryl/α,β-unsaturated/α-hetero) is 1. The van der Waals surface area contributed by atoms with Gasteiger partial charge in [0.2, 0.25) is 0 Å². The Morgan fingerprint density at radius 1 is 0.500 bits per heavy atom. The fourth-order valence-corrected chi connectivity index (χ4v) is 5.83. The smallest absolute Gasteiger partial charge is 0.147 e. The van der Waals surface area contributed by atoms with Crippen molar-refractivity contribution in [2.24, 2.45) is 0 Å². The molecule has 6 aromatic rings. The number of rotatable bonds is 10. The van der Waals surface area contributed by atoms with Gasteiger partial charge >= 0.3 is 0 Å². The summed E-state index contributed by atoms with van der Waals surface area (Å²) >= 11 is 0. The largest absolute Gasteiger partial charge is 0.489 e. The molecule has 0 aliphatic heterocycles. The van der Waals surface area contributed by atoms with E-state index in [-0.39, 0.29) is 5.78 Å². The highest BCUT2D eigenvalue weighted by Crippen LogP contribution is 2.41. The first-order valence-electron chi connectivity index (χ1n) is 14.5. The Morgan fingerprint density at radius 3 is 1.31 bits per heavy atom. The van der Waals surface area contributed by atoms with Gasteiger partial charge in [-0.3, -0.25) is 4.79 Å². The van der Waals surface area contributed by atoms with Crippen LogP contribution in [0.4, 0.5) is 0 Å². The molecule has 0 aromatic heterocycles. The molecule has 0 heterocycles. The highest BCUT2D eigenvalue weighted by molar-refractivity contribution is 6.01. The molecule has 3 heteroatoms. The van der Waals surface area contributed by atoms with Crippen LogP contribution in [-0.4, -0.2) is 5.78 Å². The Balaban J connectivity index is 1.37. The van der Waals surface area contributed by atoms with Crippen molar-refractivity contribution in [2.45, 2.75) is 38.9 Å². The fourth-order valence-electron chi connectivity index (χ4n) is 5.83. The van der Waals surface area contributed by atoms with Crippen LogP contribution in [0.15, 0.2) is 133 Å². The summed E-state index contributed by atoms with van der Waals surface area (Å²) in [7, 11) is 0. The van der Waals surface area contributed by atoms with E-state index in [2.05, 4.69) is 60.7 Å². The quantitative estimate of drug-likeness (QED) is 0.170. The fraction of sp³-hybridized carbons (Fsp3) is 0.154. The molecule has 0 aliphatic rings. The monoisotopic (exact) mass is 550 g/mol. The van der Waals surface area contributed by atoms with Crippen molar-refractivity contribution < 1.29 is 14.3 Å². The van der Waals surface area contributed by atoms with Gasteiger partial charge in [0, 0.05) is 23.0 Å². The van der Waals surface area contributed by atoms with E-state index in [1.807, 2.05) is 86.6 Å². The Morgan fingerprint density at radius 2 is 0.881 bits per heavy atom. The van der Waals surface area contributed by atoms with E-state index in [1.54, 1.807) is 0 Å². The van der Waals surface area contributed by atoms with E-state index in [0.29, 0.717) is 13.2 Å². The maximum Gasteiger partial charge on any atom is 0.147 e. The van der Waals surface area contributed by atoms with Gasteiger partial charge in [0.1, 0.15) is 30.5 Å². The summed E-state index contributed by atoms with van der Waals surface area (Å²) in [5, 5.41) is 4.25. The first-order valence-corrected chi connectivity index (χ1v) is 14.5. The van der Waals surface area contributed by atoms with Crippen LogP contribution in [0.5, 0.6) is 11.5 Å². The lowest BCUT2D eigenvalue weighted by atomic mass is 9.82. The lowest BCUT2D eigenvalue weighted by molar-refractivity contribution is -0.121. The summed E-state index contributed by atoms with van der Waals surface area (Å²) in [6.07, 6.45) is 0. The Hall–Kier alpha value is -4.89. The minimum absolute atomic E-state index is 0.122. The molecule has 0 spiro atoms. The third-order valence-electron chi connectivity index (χ3n) is 8.06. The Bertz CT molecular complexity index is 1690. The van der Waals surface area contributed by atoms with E-state index < -0.39 is 11.8 Å². The van der Waals surface area contributed by atoms with Crippen LogP contribution in [0.25, 0.3) is 21.5 Å². The van der Waals surface area contributed by atoms with Crippen molar-refractivity contribution in [3.8, 4) is 11.5 Å². The molecule has 0 fully saturated rings. The van der Waals surface area contributed by atoms with Gasteiger partial charge in [0.05, 0.1) is 0 Å². The summed E-state index contributed by atoms with van der Waals surface area (Å²) in [6, 6.07) is 44.8. The van der Waals surface area contributed by atoms with Crippen molar-refractivity contribution in [2.75, 3.05) is 0 Å². The number of benzene rings is 6. The molecule has 2 unspecified atom stereocenters. The molecule has 2 atom stereocenters. The van der Waals surface area contributed by atoms with Crippen LogP contribution < -0.4 is 9.47 Å². The van der Waals surface area contributed by atoms with Gasteiger partial charge in [0.25, 0.3) is 0 Å². The first kappa shape index (κ1) is 27.3. The molecule has 0 radical (unpaired) electrons. The summed E-state index contributed by atoms with van der Waals surface area (Å²) in [4.78, 5) is 14.5. The van der Waals surface area contributed by atoms with Crippen molar-refractivity contribution in [3.63, 3.8) is 0 Å². The van der Waals surface area contributed by atoms with Crippen molar-refractivity contribution in [3.05, 3.63) is 156 Å². The molecule has 3 nitrogen and oxygen atoms in total. The normalized spacial score (nSPS) is 12.6. The first-order chi connectivity index (χ1) is 20.6. The Labute approximate surface area is 247 Å². The van der Waals surface area contributed by atoms with Crippen LogP contribution in [0.2, 0.25) is 0 Å². The van der Waals surface area contributed by atoms with Gasteiger partial charge < -0.3 is 9.47 Å². The van der Waals surface area contributed by atoms with Crippen molar-refractivity contribution in [1.82, 2.24) is 0 Å². The molecule has 6 aromatic carbocycles. The third-order valence-corrected chi connectivity index (χ3v) is 8.06. The number of carbonyl (C=O) groups is 1. The van der Waals surface area contributed by atoms with E-state index in [1.165, 1.54) is 0 Å². The van der Waals surface area contributed by atoms with E-state index in [0.717, 1.165) is 55.3 Å². The topological polar surface area (TPSA) is 35.5 Å². The van der Waals surface area contributed by atoms with Gasteiger partial charge in [0.15, 0.2) is 0 Å². The lowest BCUT2D eigenvalue weighted by Gasteiger charge is -2.24. The molecule has 0 amide bonds. The summed E-state index contributed by atoms with van der Waals surface area (Å²) in [5.41, 5.74) is 4.01. The molecule has 0 saturated carbocycles. The second-order valence-corrected chi connectivity index (χ2v) is 10.8. The zero-order valence-corrected chi connectivity index (χ0v) is 24.0. The standard InChI is InChI=1S/C39H34O3/c1-27(37-33-19-11-9-17-31(33)21-23-35(37)41-25-29-13-5-3-6-14-29)39(40)28(2)38-34-20-12-10-18-32(34)22-24-36(38)42-26-30-15-7-4-8-16-30/h3-24,27-28H,25-26H2,1-2H3. The van der Waals surface area contributed by atoms with Gasteiger partial charge in [-0.1, -0.05) is 135 Å². The Kier molecular flexibility index (Phi) is 8.00. The number of ether oxygens (including phenoxy) is 2. The third kappa shape index (κ3) is 5.64. The summed E-state index contributed by atoms with van der Waals surface area (Å²) < 4.78 is 12.8. The summed E-state index contributed by atoms with van der Waals surface area (Å²) in [5.74, 6) is 0.792. The second-order valence-electron chi connectivity index (χ2n) is 10.8. The number of carbonyl (C=O) groups excluding carboxylic acids is 1. The second kappa shape index (κ2) is 12.3. The predicted octanol–water partition coefficient (Wildman–Crippen LogP) is 9.63. The van der Waals surface area contributed by atoms with E-state index in [9.17, 15) is 4.79 Å². The number of hydrogen-bond donors (Lipinski definition) is 0. The maximum absolute atomic E-state index is 14.5. The minimum atomic E-state index is -0.405. The molecule has 0 aliphatic carbocycles. The maximum atomic E-state index is 14.5. The molecular weight excluding hydrogens is 516 g/mol. The SMILES string of the molecule is CC(C(=O)C(C)c1c(OCc2ccccc2)ccc2ccccc12)c1c(OCc2ccccc2)ccc2ccccc12. The molecule has 6 rings (SSSR count). The number of hydrogen-bond acceptors (Lipinski definition) is 3. The highest BCUT2D eigenvalue weighted by atomic mass is 16.5. The molecule has 0 bridgehead atoms. The molecule has 0 N–H and O–H groups in total. The number of ketones is 1. The summed E-state index contributed by atoms with van der Waals surface area (Å²) in [6.45, 7) is 4.88. The van der Waals surface area contributed by atoms with Crippen LogP contribution >= 0.6 is 0 Å². The van der Waals surface area contributed by atoms with E-state index in [4.69, 9.17) is 9.47 Å². The zero-order valence-electron chi connectivity index (χ0n) is 24.0. The molecular formula is C39H34O3. The van der Waals surface area contributed by atoms with Crippen LogP contribution in [-0.2, 0) is 18.0 Å². The molecule has 208 valence electrons. The molecule has 42 heavy (non-hydrogen) atoms. The van der Waals surface area contributed by atoms with Gasteiger partial charge in [-0.2, -0.15) is 0 Å². The zero-order chi connectivity index (χ0) is 28.9. The average Bonchev–Trinajstić information content (AvgIpc) is 3.05. The number of fused-ring (bicyclic) bond motifs is 2. The average molecular weight is 551 g/mol. The highest BCUT2D eigenvalue weighted by Gasteiger charge is 2.30. The van der Waals surface area contributed by atoms with Gasteiger partial charge in [-0.05, 0) is 44.8 Å². The predicted molar refractivity (Wildman–Crippen MR) is 171 cm³/mol. The van der Waals surface area contributed by atoms with Crippen LogP contribution in [0.3, 0.4) is 0 Å². The van der Waals surface area contributed by atoms with Gasteiger partial charge in [-0.25, -0.2) is 0 Å². The van der Waals surface area contributed by atoms with Crippen molar-refractivity contribution in [1.29, 1.82) is 0 Å². The van der Waals surface area contributed by atoms with Crippen molar-refractivity contribution >= 4 is 27.3 Å². The van der Waals surface area contributed by atoms with Crippen LogP contribution in [0, 0.1) is 0 Å².